The number of hydrogen-bond acceptors (Lipinski definition) is 2. The molecule has 1 atom stereocenters. The highest BCUT2D eigenvalue weighted by Crippen LogP contribution is 2.17. The number of nitrogens with one attached hydrogen (secondary N) is 1. The van der Waals surface area contributed by atoms with Crippen LogP contribution in [0.3, 0.4) is 0 Å². The van der Waals surface area contributed by atoms with E-state index in [0.717, 1.165) is 6.29 Å². The Balaban J connectivity index is 2.21. The molecule has 3 nitrogen and oxygen atoms in total. The van der Waals surface area contributed by atoms with Gasteiger partial charge in [0, 0.05) is 10.6 Å². The molecule has 0 aliphatic carbocycles. The highest BCUT2D eigenvalue weighted by atomic mass is 35.5. The van der Waals surface area contributed by atoms with Crippen LogP contribution in [0.2, 0.25) is 5.02 Å². The molecular weight excluding hydrogens is 270 g/mol. The van der Waals surface area contributed by atoms with E-state index in [1.807, 2.05) is 0 Å². The summed E-state index contributed by atoms with van der Waals surface area (Å²) in [5.74, 6) is 0. The molecule has 0 saturated heterocycles. The van der Waals surface area contributed by atoms with Crippen molar-refractivity contribution in [2.24, 2.45) is 0 Å². The quantitative estimate of drug-likeness (QED) is 0.873. The van der Waals surface area contributed by atoms with E-state index in [4.69, 9.17) is 11.6 Å². The third kappa shape index (κ3) is 2.97. The molecule has 18 heavy (non-hydrogen) atoms. The lowest BCUT2D eigenvalue weighted by molar-refractivity contribution is 0.112. The zero-order valence-electron chi connectivity index (χ0n) is 9.30. The Kier molecular flexibility index (Phi) is 4.12. The zero-order valence-corrected chi connectivity index (χ0v) is 10.9. The van der Waals surface area contributed by atoms with Gasteiger partial charge in [0.25, 0.3) is 0 Å². The Labute approximate surface area is 112 Å². The first-order valence-corrected chi connectivity index (χ1v) is 6.71. The summed E-state index contributed by atoms with van der Waals surface area (Å²) in [6, 6.07) is 13.6. The van der Waals surface area contributed by atoms with Crippen molar-refractivity contribution in [3.05, 3.63) is 59.1 Å². The van der Waals surface area contributed by atoms with Crippen molar-refractivity contribution in [1.29, 1.82) is 0 Å². The monoisotopic (exact) mass is 279 g/mol. The van der Waals surface area contributed by atoms with Crippen LogP contribution in [0.25, 0.3) is 0 Å². The number of carbonyl (C=O) groups is 1. The van der Waals surface area contributed by atoms with Gasteiger partial charge in [0.05, 0.1) is 10.6 Å². The number of halogens is 1. The molecule has 0 heterocycles. The van der Waals surface area contributed by atoms with Crippen LogP contribution in [0.4, 0.5) is 5.69 Å². The molecule has 1 unspecified atom stereocenters. The molecule has 0 saturated carbocycles. The molecule has 0 aromatic heterocycles. The first kappa shape index (κ1) is 12.8. The Hall–Kier alpha value is -1.65. The van der Waals surface area contributed by atoms with Gasteiger partial charge in [0.15, 0.2) is 6.29 Å². The van der Waals surface area contributed by atoms with E-state index in [1.54, 1.807) is 48.5 Å². The van der Waals surface area contributed by atoms with E-state index in [9.17, 15) is 9.00 Å². The lowest BCUT2D eigenvalue weighted by Gasteiger charge is -2.08. The number of para-hydroxylation sites is 1. The van der Waals surface area contributed by atoms with Crippen LogP contribution in [-0.4, -0.2) is 10.5 Å². The minimum atomic E-state index is -1.42. The highest BCUT2D eigenvalue weighted by molar-refractivity contribution is 7.86. The maximum absolute atomic E-state index is 12.0. The molecule has 0 fully saturated rings. The summed E-state index contributed by atoms with van der Waals surface area (Å²) in [4.78, 5) is 11.4. The van der Waals surface area contributed by atoms with Crippen molar-refractivity contribution in [2.45, 2.75) is 4.90 Å². The van der Waals surface area contributed by atoms with Crippen molar-refractivity contribution < 1.29 is 9.00 Å². The summed E-state index contributed by atoms with van der Waals surface area (Å²) in [6.45, 7) is 0. The molecule has 2 aromatic carbocycles. The van der Waals surface area contributed by atoms with Crippen LogP contribution in [0.1, 0.15) is 10.4 Å². The molecule has 2 rings (SSSR count). The van der Waals surface area contributed by atoms with Gasteiger partial charge in [-0.1, -0.05) is 23.7 Å². The molecule has 0 amide bonds. The van der Waals surface area contributed by atoms with Crippen LogP contribution in [0.5, 0.6) is 0 Å². The molecule has 1 N–H and O–H groups in total. The smallest absolute Gasteiger partial charge is 0.152 e. The van der Waals surface area contributed by atoms with E-state index >= 15 is 0 Å². The SMILES string of the molecule is O=Cc1ccccc1NS(=O)c1ccc(Cl)cc1. The lowest BCUT2D eigenvalue weighted by Crippen LogP contribution is -2.06. The van der Waals surface area contributed by atoms with Crippen LogP contribution in [-0.2, 0) is 11.0 Å². The molecule has 0 bridgehead atoms. The third-order valence-corrected chi connectivity index (χ3v) is 3.68. The number of rotatable bonds is 4. The molecule has 0 aliphatic rings. The second-order valence-corrected chi connectivity index (χ2v) is 5.18. The predicted molar refractivity (Wildman–Crippen MR) is 73.3 cm³/mol. The average molecular weight is 280 g/mol. The van der Waals surface area contributed by atoms with E-state index in [1.165, 1.54) is 0 Å². The van der Waals surface area contributed by atoms with Gasteiger partial charge in [-0.05, 0) is 36.4 Å². The highest BCUT2D eigenvalue weighted by Gasteiger charge is 2.06. The summed E-state index contributed by atoms with van der Waals surface area (Å²) in [5.41, 5.74) is 1.01. The van der Waals surface area contributed by atoms with Crippen LogP contribution in [0, 0.1) is 0 Å². The van der Waals surface area contributed by atoms with Gasteiger partial charge in [-0.25, -0.2) is 4.21 Å². The van der Waals surface area contributed by atoms with E-state index in [2.05, 4.69) is 4.72 Å². The number of carbonyl (C=O) groups excluding carboxylic acids is 1. The summed E-state index contributed by atoms with van der Waals surface area (Å²) in [6.07, 6.45) is 0.724. The maximum atomic E-state index is 12.0. The van der Waals surface area contributed by atoms with Gasteiger partial charge in [-0.2, -0.15) is 0 Å². The molecule has 0 spiro atoms. The maximum Gasteiger partial charge on any atom is 0.152 e. The summed E-state index contributed by atoms with van der Waals surface area (Å²) < 4.78 is 14.8. The van der Waals surface area contributed by atoms with Gasteiger partial charge in [0.1, 0.15) is 11.0 Å². The predicted octanol–water partition coefficient (Wildman–Crippen LogP) is 3.29. The Morgan fingerprint density at radius 3 is 2.39 bits per heavy atom. The molecule has 5 heteroatoms. The minimum Gasteiger partial charge on any atom is -0.300 e. The first-order valence-electron chi connectivity index (χ1n) is 5.19. The van der Waals surface area contributed by atoms with Crippen LogP contribution in [0.15, 0.2) is 53.4 Å². The fourth-order valence-corrected chi connectivity index (χ4v) is 2.42. The van der Waals surface area contributed by atoms with Gasteiger partial charge >= 0.3 is 0 Å². The van der Waals surface area contributed by atoms with E-state index < -0.39 is 11.0 Å². The lowest BCUT2D eigenvalue weighted by atomic mass is 10.2. The zero-order chi connectivity index (χ0) is 13.0. The fraction of sp³-hybridized carbons (Fsp3) is 0. The summed E-state index contributed by atoms with van der Waals surface area (Å²) in [5, 5.41) is 0.587. The number of hydrogen-bond donors (Lipinski definition) is 1. The second-order valence-electron chi connectivity index (χ2n) is 3.53. The first-order chi connectivity index (χ1) is 8.70. The Morgan fingerprint density at radius 1 is 1.06 bits per heavy atom. The molecule has 2 aromatic rings. The molecule has 0 radical (unpaired) electrons. The van der Waals surface area contributed by atoms with Crippen molar-refractivity contribution in [2.75, 3.05) is 4.72 Å². The van der Waals surface area contributed by atoms with Gasteiger partial charge < -0.3 is 4.72 Å². The van der Waals surface area contributed by atoms with E-state index in [0.29, 0.717) is 21.2 Å². The van der Waals surface area contributed by atoms with Crippen LogP contribution < -0.4 is 4.72 Å². The molecule has 92 valence electrons. The van der Waals surface area contributed by atoms with Crippen molar-refractivity contribution >= 4 is 34.6 Å². The molecular formula is C13H10ClNO2S. The molecule has 0 aliphatic heterocycles. The normalized spacial score (nSPS) is 11.8. The average Bonchev–Trinajstić information content (AvgIpc) is 2.40. The Morgan fingerprint density at radius 2 is 1.72 bits per heavy atom. The largest absolute Gasteiger partial charge is 0.300 e. The van der Waals surface area contributed by atoms with Crippen molar-refractivity contribution in [1.82, 2.24) is 0 Å². The fourth-order valence-electron chi connectivity index (χ4n) is 1.41. The van der Waals surface area contributed by atoms with Gasteiger partial charge in [-0.3, -0.25) is 4.79 Å². The minimum absolute atomic E-state index is 0.472. The number of anilines is 1. The van der Waals surface area contributed by atoms with Gasteiger partial charge in [-0.15, -0.1) is 0 Å². The second kappa shape index (κ2) is 5.80. The third-order valence-electron chi connectivity index (χ3n) is 2.32. The summed E-state index contributed by atoms with van der Waals surface area (Å²) >= 11 is 5.76. The standard InChI is InChI=1S/C13H10ClNO2S/c14-11-5-7-12(8-6-11)18(17)15-13-4-2-1-3-10(13)9-16/h1-9,15H. The van der Waals surface area contributed by atoms with Crippen LogP contribution >= 0.6 is 11.6 Å². The topological polar surface area (TPSA) is 46.2 Å². The summed E-state index contributed by atoms with van der Waals surface area (Å²) in [7, 11) is -1.42. The van der Waals surface area contributed by atoms with E-state index in [-0.39, 0.29) is 0 Å². The van der Waals surface area contributed by atoms with Crippen molar-refractivity contribution in [3.63, 3.8) is 0 Å². The van der Waals surface area contributed by atoms with Gasteiger partial charge in [0.2, 0.25) is 0 Å². The number of aldehydes is 1. The van der Waals surface area contributed by atoms with Crippen molar-refractivity contribution in [3.8, 4) is 0 Å². The number of benzene rings is 2. The Bertz CT molecular complexity index is 584.